The first kappa shape index (κ1) is 53.3. The molecule has 0 saturated carbocycles. The monoisotopic (exact) mass is 794 g/mol. The molecule has 1 aromatic rings. The first-order valence-electron chi connectivity index (χ1n) is 23.7. The summed E-state index contributed by atoms with van der Waals surface area (Å²) in [4.78, 5) is 27.6. The van der Waals surface area contributed by atoms with E-state index >= 15 is 0 Å². The number of carbonyl (C=O) groups excluding carboxylic acids is 1. The van der Waals surface area contributed by atoms with E-state index in [-0.39, 0.29) is 12.4 Å². The molecule has 0 aliphatic rings. The molecule has 1 heterocycles. The standard InChI is InChI=1S/C46H89N3O2S.CH2O2/c1-4-7-10-13-15-24-31-42-51-45(50)36-28-21-17-23-30-40-49(41-32-37-47-46-48-38-43-52-46)39-29-22-16-20-27-35-44(33-25-18-12-9-6-3)34-26-19-14-11-8-5-2;2-1-3/h38,43-44H,4-37,39-42H2,1-3H3,(H,47,48);1H,(H,2,3). The van der Waals surface area contributed by atoms with Crippen LogP contribution in [0.4, 0.5) is 5.13 Å². The molecule has 324 valence electrons. The van der Waals surface area contributed by atoms with Gasteiger partial charge in [-0.15, -0.1) is 11.3 Å². The van der Waals surface area contributed by atoms with Crippen molar-refractivity contribution in [3.05, 3.63) is 11.6 Å². The number of esters is 1. The number of hydrogen-bond donors (Lipinski definition) is 2. The Hall–Kier alpha value is -1.67. The molecule has 0 aliphatic heterocycles. The maximum absolute atomic E-state index is 12.1. The largest absolute Gasteiger partial charge is 0.483 e. The number of carboxylic acid groups (broad SMARTS) is 1. The predicted molar refractivity (Wildman–Crippen MR) is 240 cm³/mol. The summed E-state index contributed by atoms with van der Waals surface area (Å²) in [5.74, 6) is 0.990. The lowest BCUT2D eigenvalue weighted by molar-refractivity contribution is -0.143. The van der Waals surface area contributed by atoms with Crippen molar-refractivity contribution in [2.45, 2.75) is 233 Å². The molecule has 2 N–H and O–H groups in total. The number of ether oxygens (including phenoxy) is 1. The highest BCUT2D eigenvalue weighted by Gasteiger charge is 2.10. The second kappa shape index (κ2) is 45.0. The Morgan fingerprint density at radius 3 is 1.55 bits per heavy atom. The van der Waals surface area contributed by atoms with E-state index in [0.29, 0.717) is 13.0 Å². The van der Waals surface area contributed by atoms with Gasteiger partial charge in [0.2, 0.25) is 0 Å². The van der Waals surface area contributed by atoms with Crippen molar-refractivity contribution in [2.75, 3.05) is 38.1 Å². The van der Waals surface area contributed by atoms with Gasteiger partial charge in [0.25, 0.3) is 6.47 Å². The number of rotatable bonds is 42. The molecule has 0 fully saturated rings. The molecule has 0 spiro atoms. The molecule has 0 aliphatic carbocycles. The average molecular weight is 794 g/mol. The van der Waals surface area contributed by atoms with Crippen LogP contribution in [0.25, 0.3) is 0 Å². The van der Waals surface area contributed by atoms with Crippen molar-refractivity contribution in [1.29, 1.82) is 0 Å². The fourth-order valence-electron chi connectivity index (χ4n) is 7.58. The molecule has 8 heteroatoms. The molecule has 55 heavy (non-hydrogen) atoms. The number of nitrogens with one attached hydrogen (secondary N) is 1. The molecule has 1 rings (SSSR count). The van der Waals surface area contributed by atoms with Crippen LogP contribution < -0.4 is 5.32 Å². The average Bonchev–Trinajstić information content (AvgIpc) is 3.71. The second-order valence-electron chi connectivity index (χ2n) is 16.1. The van der Waals surface area contributed by atoms with E-state index in [1.54, 1.807) is 11.3 Å². The zero-order valence-electron chi connectivity index (χ0n) is 36.7. The van der Waals surface area contributed by atoms with Crippen LogP contribution in [0.1, 0.15) is 233 Å². The highest BCUT2D eigenvalue weighted by molar-refractivity contribution is 7.13. The van der Waals surface area contributed by atoms with E-state index in [4.69, 9.17) is 14.6 Å². The molecule has 0 amide bonds. The molecule has 1 aromatic heterocycles. The Balaban J connectivity index is 0.00000938. The Bertz CT molecular complexity index is 888. The highest BCUT2D eigenvalue weighted by Crippen LogP contribution is 2.25. The molecule has 0 saturated heterocycles. The molecule has 1 unspecified atom stereocenters. The van der Waals surface area contributed by atoms with Gasteiger partial charge < -0.3 is 20.1 Å². The van der Waals surface area contributed by atoms with Gasteiger partial charge in [0.05, 0.1) is 6.61 Å². The van der Waals surface area contributed by atoms with Crippen LogP contribution in [0.15, 0.2) is 11.6 Å². The SMILES string of the molecule is CCCCCCCCCOC(=O)CCCCCCCN(CCCCCCCC(CCCCCCC)CCCCCCCC)CCCNc1nccs1.O=CO. The molecule has 1 atom stereocenters. The summed E-state index contributed by atoms with van der Waals surface area (Å²) < 4.78 is 5.48. The minimum Gasteiger partial charge on any atom is -0.483 e. The van der Waals surface area contributed by atoms with E-state index < -0.39 is 0 Å². The quantitative estimate of drug-likeness (QED) is 0.0387. The van der Waals surface area contributed by atoms with Gasteiger partial charge >= 0.3 is 5.97 Å². The van der Waals surface area contributed by atoms with Crippen LogP contribution in [0.2, 0.25) is 0 Å². The number of aromatic nitrogens is 1. The van der Waals surface area contributed by atoms with Crippen LogP contribution in [0, 0.1) is 5.92 Å². The third-order valence-electron chi connectivity index (χ3n) is 11.0. The third kappa shape index (κ3) is 40.3. The van der Waals surface area contributed by atoms with Crippen molar-refractivity contribution in [3.8, 4) is 0 Å². The number of nitrogens with zero attached hydrogens (tertiary/aromatic N) is 2. The topological polar surface area (TPSA) is 91.8 Å². The number of unbranched alkanes of at least 4 members (excludes halogenated alkanes) is 23. The van der Waals surface area contributed by atoms with Crippen LogP contribution in [-0.2, 0) is 14.3 Å². The van der Waals surface area contributed by atoms with E-state index in [1.807, 2.05) is 11.6 Å². The van der Waals surface area contributed by atoms with E-state index in [2.05, 4.69) is 36.0 Å². The summed E-state index contributed by atoms with van der Waals surface area (Å²) in [6.07, 6.45) is 45.4. The van der Waals surface area contributed by atoms with E-state index in [0.717, 1.165) is 36.9 Å². The van der Waals surface area contributed by atoms with Crippen LogP contribution >= 0.6 is 11.3 Å². The van der Waals surface area contributed by atoms with E-state index in [1.165, 1.54) is 206 Å². The number of anilines is 1. The van der Waals surface area contributed by atoms with Gasteiger partial charge in [0.1, 0.15) is 0 Å². The Labute approximate surface area is 345 Å². The van der Waals surface area contributed by atoms with Crippen molar-refractivity contribution in [3.63, 3.8) is 0 Å². The summed E-state index contributed by atoms with van der Waals surface area (Å²) in [6.45, 7) is 11.9. The summed E-state index contributed by atoms with van der Waals surface area (Å²) in [5, 5.41) is 13.5. The fraction of sp³-hybridized carbons (Fsp3) is 0.894. The third-order valence-corrected chi connectivity index (χ3v) is 11.7. The molecule has 0 bridgehead atoms. The second-order valence-corrected chi connectivity index (χ2v) is 17.0. The first-order chi connectivity index (χ1) is 27.1. The molecule has 0 aromatic carbocycles. The van der Waals surface area contributed by atoms with Gasteiger partial charge in [-0.05, 0) is 57.7 Å². The van der Waals surface area contributed by atoms with Crippen molar-refractivity contribution in [2.24, 2.45) is 5.92 Å². The van der Waals surface area contributed by atoms with E-state index in [9.17, 15) is 4.79 Å². The maximum atomic E-state index is 12.1. The number of carbonyl (C=O) groups is 2. The van der Waals surface area contributed by atoms with Crippen LogP contribution in [0.3, 0.4) is 0 Å². The molecular weight excluding hydrogens is 703 g/mol. The van der Waals surface area contributed by atoms with Crippen LogP contribution in [0.5, 0.6) is 0 Å². The minimum atomic E-state index is -0.250. The zero-order valence-corrected chi connectivity index (χ0v) is 37.5. The van der Waals surface area contributed by atoms with Crippen molar-refractivity contribution >= 4 is 28.9 Å². The van der Waals surface area contributed by atoms with Crippen LogP contribution in [-0.4, -0.2) is 60.2 Å². The van der Waals surface area contributed by atoms with Gasteiger partial charge in [-0.25, -0.2) is 4.98 Å². The Morgan fingerprint density at radius 1 is 0.655 bits per heavy atom. The normalized spacial score (nSPS) is 11.7. The van der Waals surface area contributed by atoms with Gasteiger partial charge in [-0.1, -0.05) is 194 Å². The highest BCUT2D eigenvalue weighted by atomic mass is 32.1. The van der Waals surface area contributed by atoms with Gasteiger partial charge in [0, 0.05) is 24.5 Å². The predicted octanol–water partition coefficient (Wildman–Crippen LogP) is 14.7. The molecular formula is C47H91N3O4S. The Morgan fingerprint density at radius 2 is 1.07 bits per heavy atom. The summed E-state index contributed by atoms with van der Waals surface area (Å²) in [5.41, 5.74) is 0. The minimum absolute atomic E-state index is 0.00862. The summed E-state index contributed by atoms with van der Waals surface area (Å²) in [7, 11) is 0. The van der Waals surface area contributed by atoms with Gasteiger partial charge in [-0.2, -0.15) is 0 Å². The van der Waals surface area contributed by atoms with Crippen molar-refractivity contribution in [1.82, 2.24) is 9.88 Å². The molecule has 0 radical (unpaired) electrons. The zero-order chi connectivity index (χ0) is 40.1. The smallest absolute Gasteiger partial charge is 0.305 e. The lowest BCUT2D eigenvalue weighted by atomic mass is 9.89. The Kier molecular flexibility index (Phi) is 43.7. The number of hydrogen-bond acceptors (Lipinski definition) is 7. The lowest BCUT2D eigenvalue weighted by Gasteiger charge is -2.22. The summed E-state index contributed by atoms with van der Waals surface area (Å²) >= 11 is 1.69. The fourth-order valence-corrected chi connectivity index (χ4v) is 8.14. The summed E-state index contributed by atoms with van der Waals surface area (Å²) in [6, 6.07) is 0. The lowest BCUT2D eigenvalue weighted by Crippen LogP contribution is -2.28. The first-order valence-corrected chi connectivity index (χ1v) is 24.6. The van der Waals surface area contributed by atoms with Crippen molar-refractivity contribution < 1.29 is 19.4 Å². The maximum Gasteiger partial charge on any atom is 0.305 e. The van der Waals surface area contributed by atoms with Gasteiger partial charge in [0.15, 0.2) is 5.13 Å². The van der Waals surface area contributed by atoms with Gasteiger partial charge in [-0.3, -0.25) is 9.59 Å². The number of thiazole rings is 1. The molecule has 7 nitrogen and oxygen atoms in total.